The van der Waals surface area contributed by atoms with Crippen molar-refractivity contribution in [1.82, 2.24) is 5.32 Å². The van der Waals surface area contributed by atoms with Gasteiger partial charge in [0.2, 0.25) is 5.91 Å². The van der Waals surface area contributed by atoms with E-state index in [9.17, 15) is 4.79 Å². The molecule has 2 heteroatoms. The van der Waals surface area contributed by atoms with Crippen LogP contribution in [0.2, 0.25) is 0 Å². The monoisotopic (exact) mass is 167 g/mol. The van der Waals surface area contributed by atoms with Gasteiger partial charge in [-0.15, -0.1) is 6.58 Å². The Morgan fingerprint density at radius 1 is 1.67 bits per heavy atom. The summed E-state index contributed by atoms with van der Waals surface area (Å²) in [6.45, 7) is 5.31. The SMILES string of the molecule is C=CCC1CCCC1NC(C)=O. The largest absolute Gasteiger partial charge is 0.353 e. The molecule has 1 fully saturated rings. The maximum absolute atomic E-state index is 10.8. The second kappa shape index (κ2) is 4.29. The maximum atomic E-state index is 10.8. The molecule has 0 heterocycles. The van der Waals surface area contributed by atoms with E-state index in [1.54, 1.807) is 6.92 Å². The first-order valence-electron chi connectivity index (χ1n) is 4.62. The Balaban J connectivity index is 2.40. The molecule has 1 aliphatic rings. The molecule has 1 amide bonds. The fraction of sp³-hybridized carbons (Fsp3) is 0.700. The number of carbonyl (C=O) groups excluding carboxylic acids is 1. The third kappa shape index (κ3) is 2.36. The zero-order valence-electron chi connectivity index (χ0n) is 7.68. The number of allylic oxidation sites excluding steroid dienone is 1. The van der Waals surface area contributed by atoms with Crippen LogP contribution in [-0.4, -0.2) is 11.9 Å². The summed E-state index contributed by atoms with van der Waals surface area (Å²) in [5, 5.41) is 2.99. The van der Waals surface area contributed by atoms with Crippen molar-refractivity contribution in [2.75, 3.05) is 0 Å². The van der Waals surface area contributed by atoms with Crippen molar-refractivity contribution in [2.24, 2.45) is 5.92 Å². The Hall–Kier alpha value is -0.790. The summed E-state index contributed by atoms with van der Waals surface area (Å²) >= 11 is 0. The molecule has 2 atom stereocenters. The van der Waals surface area contributed by atoms with Gasteiger partial charge >= 0.3 is 0 Å². The summed E-state index contributed by atoms with van der Waals surface area (Å²) in [5.74, 6) is 0.724. The van der Waals surface area contributed by atoms with Crippen LogP contribution in [0, 0.1) is 5.92 Å². The topological polar surface area (TPSA) is 29.1 Å². The van der Waals surface area contributed by atoms with Crippen LogP contribution in [0.25, 0.3) is 0 Å². The van der Waals surface area contributed by atoms with Crippen LogP contribution in [0.4, 0.5) is 0 Å². The van der Waals surface area contributed by atoms with E-state index in [0.29, 0.717) is 12.0 Å². The Labute approximate surface area is 74.0 Å². The number of hydrogen-bond acceptors (Lipinski definition) is 1. The van der Waals surface area contributed by atoms with Crippen LogP contribution in [-0.2, 0) is 4.79 Å². The Bertz CT molecular complexity index is 177. The minimum atomic E-state index is 0.0935. The van der Waals surface area contributed by atoms with Crippen molar-refractivity contribution in [1.29, 1.82) is 0 Å². The van der Waals surface area contributed by atoms with Gasteiger partial charge in [0.05, 0.1) is 0 Å². The highest BCUT2D eigenvalue weighted by Gasteiger charge is 2.26. The lowest BCUT2D eigenvalue weighted by molar-refractivity contribution is -0.119. The number of hydrogen-bond donors (Lipinski definition) is 1. The van der Waals surface area contributed by atoms with Crippen molar-refractivity contribution in [3.63, 3.8) is 0 Å². The highest BCUT2D eigenvalue weighted by Crippen LogP contribution is 2.28. The number of amides is 1. The highest BCUT2D eigenvalue weighted by atomic mass is 16.1. The molecule has 0 saturated heterocycles. The number of nitrogens with one attached hydrogen (secondary N) is 1. The van der Waals surface area contributed by atoms with Crippen molar-refractivity contribution in [3.05, 3.63) is 12.7 Å². The van der Waals surface area contributed by atoms with Gasteiger partial charge in [0.25, 0.3) is 0 Å². The van der Waals surface area contributed by atoms with E-state index in [4.69, 9.17) is 0 Å². The molecule has 0 aliphatic heterocycles. The third-order valence-electron chi connectivity index (χ3n) is 2.52. The lowest BCUT2D eigenvalue weighted by Crippen LogP contribution is -2.35. The van der Waals surface area contributed by atoms with Crippen LogP contribution in [0.1, 0.15) is 32.6 Å². The van der Waals surface area contributed by atoms with E-state index in [1.165, 1.54) is 12.8 Å². The smallest absolute Gasteiger partial charge is 0.217 e. The zero-order valence-corrected chi connectivity index (χ0v) is 7.68. The molecule has 1 rings (SSSR count). The first-order chi connectivity index (χ1) is 5.74. The van der Waals surface area contributed by atoms with Crippen LogP contribution in [0.3, 0.4) is 0 Å². The molecule has 0 aromatic heterocycles. The van der Waals surface area contributed by atoms with E-state index in [-0.39, 0.29) is 5.91 Å². The van der Waals surface area contributed by atoms with Gasteiger partial charge in [-0.1, -0.05) is 12.5 Å². The molecule has 2 unspecified atom stereocenters. The standard InChI is InChI=1S/C10H17NO/c1-3-5-9-6-4-7-10(9)11-8(2)12/h3,9-10H,1,4-7H2,2H3,(H,11,12). The Morgan fingerprint density at radius 2 is 2.42 bits per heavy atom. The Kier molecular flexibility index (Phi) is 3.32. The van der Waals surface area contributed by atoms with Gasteiger partial charge in [-0.05, 0) is 25.2 Å². The quantitative estimate of drug-likeness (QED) is 0.639. The second-order valence-corrected chi connectivity index (χ2v) is 3.52. The molecule has 12 heavy (non-hydrogen) atoms. The molecule has 1 saturated carbocycles. The van der Waals surface area contributed by atoms with Gasteiger partial charge in [-0.2, -0.15) is 0 Å². The maximum Gasteiger partial charge on any atom is 0.217 e. The second-order valence-electron chi connectivity index (χ2n) is 3.52. The van der Waals surface area contributed by atoms with Crippen LogP contribution in [0.5, 0.6) is 0 Å². The van der Waals surface area contributed by atoms with E-state index in [1.807, 2.05) is 6.08 Å². The summed E-state index contributed by atoms with van der Waals surface area (Å²) in [4.78, 5) is 10.8. The van der Waals surface area contributed by atoms with Crippen LogP contribution >= 0.6 is 0 Å². The van der Waals surface area contributed by atoms with E-state index < -0.39 is 0 Å². The number of carbonyl (C=O) groups is 1. The molecule has 1 N–H and O–H groups in total. The summed E-state index contributed by atoms with van der Waals surface area (Å²) in [6.07, 6.45) is 6.59. The van der Waals surface area contributed by atoms with E-state index in [2.05, 4.69) is 11.9 Å². The van der Waals surface area contributed by atoms with Gasteiger partial charge in [0, 0.05) is 13.0 Å². The first kappa shape index (κ1) is 9.30. The molecule has 1 aliphatic carbocycles. The summed E-state index contributed by atoms with van der Waals surface area (Å²) < 4.78 is 0. The van der Waals surface area contributed by atoms with Gasteiger partial charge in [-0.25, -0.2) is 0 Å². The average molecular weight is 167 g/mol. The molecular weight excluding hydrogens is 150 g/mol. The first-order valence-corrected chi connectivity index (χ1v) is 4.62. The van der Waals surface area contributed by atoms with Crippen LogP contribution in [0.15, 0.2) is 12.7 Å². The molecule has 0 radical (unpaired) electrons. The molecule has 2 nitrogen and oxygen atoms in total. The molecule has 0 bridgehead atoms. The lowest BCUT2D eigenvalue weighted by atomic mass is 10.00. The third-order valence-corrected chi connectivity index (χ3v) is 2.52. The van der Waals surface area contributed by atoms with E-state index in [0.717, 1.165) is 12.8 Å². The van der Waals surface area contributed by atoms with Gasteiger partial charge in [-0.3, -0.25) is 4.79 Å². The van der Waals surface area contributed by atoms with Crippen LogP contribution < -0.4 is 5.32 Å². The van der Waals surface area contributed by atoms with Gasteiger partial charge in [0.15, 0.2) is 0 Å². The summed E-state index contributed by atoms with van der Waals surface area (Å²) in [6, 6.07) is 0.403. The molecule has 0 spiro atoms. The lowest BCUT2D eigenvalue weighted by Gasteiger charge is -2.18. The van der Waals surface area contributed by atoms with Gasteiger partial charge in [0.1, 0.15) is 0 Å². The normalized spacial score (nSPS) is 28.4. The zero-order chi connectivity index (χ0) is 8.97. The Morgan fingerprint density at radius 3 is 3.00 bits per heavy atom. The minimum absolute atomic E-state index is 0.0935. The highest BCUT2D eigenvalue weighted by molar-refractivity contribution is 5.73. The van der Waals surface area contributed by atoms with Crippen molar-refractivity contribution >= 4 is 5.91 Å². The predicted octanol–water partition coefficient (Wildman–Crippen LogP) is 1.87. The average Bonchev–Trinajstić information content (AvgIpc) is 2.37. The van der Waals surface area contributed by atoms with Gasteiger partial charge < -0.3 is 5.32 Å². The van der Waals surface area contributed by atoms with Crippen molar-refractivity contribution in [2.45, 2.75) is 38.6 Å². The summed E-state index contributed by atoms with van der Waals surface area (Å²) in [7, 11) is 0. The molecular formula is C10H17NO. The summed E-state index contributed by atoms with van der Waals surface area (Å²) in [5.41, 5.74) is 0. The fourth-order valence-electron chi connectivity index (χ4n) is 1.98. The van der Waals surface area contributed by atoms with E-state index >= 15 is 0 Å². The number of rotatable bonds is 3. The van der Waals surface area contributed by atoms with Crippen molar-refractivity contribution < 1.29 is 4.79 Å². The molecule has 0 aromatic rings. The van der Waals surface area contributed by atoms with Crippen molar-refractivity contribution in [3.8, 4) is 0 Å². The predicted molar refractivity (Wildman–Crippen MR) is 49.8 cm³/mol. The molecule has 0 aromatic carbocycles. The fourth-order valence-corrected chi connectivity index (χ4v) is 1.98. The minimum Gasteiger partial charge on any atom is -0.353 e. The molecule has 68 valence electrons.